The first kappa shape index (κ1) is 9.70. The molecule has 0 saturated heterocycles. The molecule has 5 heteroatoms. The van der Waals surface area contributed by atoms with Gasteiger partial charge in [0, 0.05) is 0 Å². The molecule has 0 fully saturated rings. The molecule has 0 heterocycles. The van der Waals surface area contributed by atoms with Crippen LogP contribution < -0.4 is 9.47 Å². The van der Waals surface area contributed by atoms with E-state index in [1.54, 1.807) is 0 Å². The van der Waals surface area contributed by atoms with Gasteiger partial charge in [-0.1, -0.05) is 0 Å². The van der Waals surface area contributed by atoms with Crippen molar-refractivity contribution in [3.8, 4) is 11.5 Å². The fourth-order valence-electron chi connectivity index (χ4n) is 0.738. The van der Waals surface area contributed by atoms with Gasteiger partial charge in [-0.2, -0.15) is 0 Å². The van der Waals surface area contributed by atoms with Gasteiger partial charge in [-0.3, -0.25) is 0 Å². The van der Waals surface area contributed by atoms with Crippen molar-refractivity contribution in [2.75, 3.05) is 0 Å². The SMILES string of the molecule is [CH2]Oc1ccc(OC(F)(F)F)cc1. The molecule has 0 aliphatic rings. The highest BCUT2D eigenvalue weighted by molar-refractivity contribution is 5.31. The van der Waals surface area contributed by atoms with E-state index >= 15 is 0 Å². The zero-order valence-corrected chi connectivity index (χ0v) is 6.47. The summed E-state index contributed by atoms with van der Waals surface area (Å²) in [5.74, 6) is 0.0859. The maximum absolute atomic E-state index is 11.7. The third-order valence-electron chi connectivity index (χ3n) is 1.22. The van der Waals surface area contributed by atoms with Gasteiger partial charge >= 0.3 is 6.36 Å². The van der Waals surface area contributed by atoms with Crippen molar-refractivity contribution in [2.45, 2.75) is 6.36 Å². The first-order valence-corrected chi connectivity index (χ1v) is 3.29. The number of halogens is 3. The molecule has 1 radical (unpaired) electrons. The maximum atomic E-state index is 11.7. The van der Waals surface area contributed by atoms with E-state index in [1.165, 1.54) is 12.1 Å². The van der Waals surface area contributed by atoms with Crippen LogP contribution in [-0.4, -0.2) is 6.36 Å². The fourth-order valence-corrected chi connectivity index (χ4v) is 0.738. The molecular formula is C8H6F3O2. The third-order valence-corrected chi connectivity index (χ3v) is 1.22. The average Bonchev–Trinajstić information content (AvgIpc) is 2.03. The molecule has 0 unspecified atom stereocenters. The van der Waals surface area contributed by atoms with Gasteiger partial charge < -0.3 is 9.47 Å². The van der Waals surface area contributed by atoms with Gasteiger partial charge in [0.2, 0.25) is 0 Å². The smallest absolute Gasteiger partial charge is 0.490 e. The Morgan fingerprint density at radius 2 is 1.46 bits per heavy atom. The van der Waals surface area contributed by atoms with Crippen LogP contribution in [0.2, 0.25) is 0 Å². The van der Waals surface area contributed by atoms with E-state index in [2.05, 4.69) is 16.6 Å². The van der Waals surface area contributed by atoms with Crippen LogP contribution in [0.3, 0.4) is 0 Å². The molecule has 0 bridgehead atoms. The second-order valence-electron chi connectivity index (χ2n) is 2.16. The second kappa shape index (κ2) is 3.55. The third kappa shape index (κ3) is 3.23. The zero-order chi connectivity index (χ0) is 9.90. The molecule has 0 N–H and O–H groups in total. The molecule has 0 aromatic heterocycles. The maximum Gasteiger partial charge on any atom is 0.573 e. The molecule has 0 saturated carbocycles. The Bertz CT molecular complexity index is 266. The monoisotopic (exact) mass is 191 g/mol. The van der Waals surface area contributed by atoms with E-state index in [-0.39, 0.29) is 5.75 Å². The Kier molecular flexibility index (Phi) is 2.65. The molecule has 0 amide bonds. The van der Waals surface area contributed by atoms with Crippen LogP contribution in [0, 0.1) is 7.11 Å². The first-order valence-electron chi connectivity index (χ1n) is 3.29. The summed E-state index contributed by atoms with van der Waals surface area (Å²) in [4.78, 5) is 0. The minimum Gasteiger partial charge on any atom is -0.490 e. The van der Waals surface area contributed by atoms with Crippen LogP contribution >= 0.6 is 0 Å². The largest absolute Gasteiger partial charge is 0.573 e. The lowest BCUT2D eigenvalue weighted by atomic mass is 10.3. The highest BCUT2D eigenvalue weighted by Gasteiger charge is 2.30. The molecule has 0 aliphatic heterocycles. The molecular weight excluding hydrogens is 185 g/mol. The first-order chi connectivity index (χ1) is 6.01. The van der Waals surface area contributed by atoms with Crippen molar-refractivity contribution in [2.24, 2.45) is 0 Å². The summed E-state index contributed by atoms with van der Waals surface area (Å²) in [5, 5.41) is 0. The summed E-state index contributed by atoms with van der Waals surface area (Å²) in [7, 11) is 3.10. The summed E-state index contributed by atoms with van der Waals surface area (Å²) in [6.45, 7) is 0. The van der Waals surface area contributed by atoms with Crippen LogP contribution in [-0.2, 0) is 0 Å². The van der Waals surface area contributed by atoms with Gasteiger partial charge in [-0.25, -0.2) is 0 Å². The number of ether oxygens (including phenoxy) is 2. The van der Waals surface area contributed by atoms with Gasteiger partial charge in [-0.05, 0) is 24.3 Å². The van der Waals surface area contributed by atoms with Gasteiger partial charge in [0.25, 0.3) is 0 Å². The Labute approximate surface area is 72.9 Å². The summed E-state index contributed by atoms with van der Waals surface area (Å²) >= 11 is 0. The van der Waals surface area contributed by atoms with Crippen LogP contribution in [0.5, 0.6) is 11.5 Å². The highest BCUT2D eigenvalue weighted by atomic mass is 19.4. The lowest BCUT2D eigenvalue weighted by molar-refractivity contribution is -0.274. The number of hydrogen-bond acceptors (Lipinski definition) is 2. The van der Waals surface area contributed by atoms with Crippen molar-refractivity contribution in [3.05, 3.63) is 31.4 Å². The van der Waals surface area contributed by atoms with E-state index < -0.39 is 6.36 Å². The molecule has 1 rings (SSSR count). The van der Waals surface area contributed by atoms with E-state index in [0.29, 0.717) is 5.75 Å². The Hall–Kier alpha value is -1.39. The van der Waals surface area contributed by atoms with Crippen molar-refractivity contribution in [1.29, 1.82) is 0 Å². The summed E-state index contributed by atoms with van der Waals surface area (Å²) in [6.07, 6.45) is -4.66. The number of hydrogen-bond donors (Lipinski definition) is 0. The molecule has 13 heavy (non-hydrogen) atoms. The van der Waals surface area contributed by atoms with Gasteiger partial charge in [0.15, 0.2) is 0 Å². The van der Waals surface area contributed by atoms with Crippen molar-refractivity contribution < 1.29 is 22.6 Å². The lowest BCUT2D eigenvalue weighted by Gasteiger charge is -2.08. The standard InChI is InChI=1S/C8H6F3O2/c1-12-6-2-4-7(5-3-6)13-8(9,10)11/h2-5H,1H2. The van der Waals surface area contributed by atoms with Crippen molar-refractivity contribution in [3.63, 3.8) is 0 Å². The van der Waals surface area contributed by atoms with E-state index in [0.717, 1.165) is 12.1 Å². The Balaban J connectivity index is 2.70. The molecule has 1 aromatic rings. The molecule has 71 valence electrons. The van der Waals surface area contributed by atoms with Crippen molar-refractivity contribution >= 4 is 0 Å². The topological polar surface area (TPSA) is 18.5 Å². The van der Waals surface area contributed by atoms with Gasteiger partial charge in [0.05, 0.1) is 0 Å². The molecule has 1 aromatic carbocycles. The van der Waals surface area contributed by atoms with Gasteiger partial charge in [0.1, 0.15) is 18.6 Å². The summed E-state index contributed by atoms with van der Waals surface area (Å²) in [5.41, 5.74) is 0. The fraction of sp³-hybridized carbons (Fsp3) is 0.125. The van der Waals surface area contributed by atoms with Crippen molar-refractivity contribution in [1.82, 2.24) is 0 Å². The van der Waals surface area contributed by atoms with Crippen LogP contribution in [0.15, 0.2) is 24.3 Å². The van der Waals surface area contributed by atoms with E-state index in [1.807, 2.05) is 0 Å². The number of rotatable bonds is 2. The highest BCUT2D eigenvalue weighted by Crippen LogP contribution is 2.24. The van der Waals surface area contributed by atoms with E-state index in [4.69, 9.17) is 0 Å². The summed E-state index contributed by atoms with van der Waals surface area (Å²) < 4.78 is 43.1. The molecule has 0 atom stereocenters. The molecule has 0 spiro atoms. The average molecular weight is 191 g/mol. The summed E-state index contributed by atoms with van der Waals surface area (Å²) in [6, 6.07) is 4.95. The van der Waals surface area contributed by atoms with Crippen LogP contribution in [0.25, 0.3) is 0 Å². The zero-order valence-electron chi connectivity index (χ0n) is 6.47. The lowest BCUT2D eigenvalue weighted by Crippen LogP contribution is -2.16. The quantitative estimate of drug-likeness (QED) is 0.715. The van der Waals surface area contributed by atoms with Crippen LogP contribution in [0.1, 0.15) is 0 Å². The second-order valence-corrected chi connectivity index (χ2v) is 2.16. The predicted molar refractivity (Wildman–Crippen MR) is 39.1 cm³/mol. The Morgan fingerprint density at radius 1 is 1.00 bits per heavy atom. The number of alkyl halides is 3. The minimum absolute atomic E-state index is 0.284. The molecule has 2 nitrogen and oxygen atoms in total. The normalized spacial score (nSPS) is 11.1. The Morgan fingerprint density at radius 3 is 1.85 bits per heavy atom. The minimum atomic E-state index is -4.66. The molecule has 0 aliphatic carbocycles. The predicted octanol–water partition coefficient (Wildman–Crippen LogP) is 2.76. The van der Waals surface area contributed by atoms with Crippen LogP contribution in [0.4, 0.5) is 13.2 Å². The number of benzene rings is 1. The van der Waals surface area contributed by atoms with Gasteiger partial charge in [-0.15, -0.1) is 13.2 Å². The van der Waals surface area contributed by atoms with E-state index in [9.17, 15) is 13.2 Å².